The highest BCUT2D eigenvalue weighted by Crippen LogP contribution is 2.28. The molecule has 0 aliphatic heterocycles. The number of thiophene rings is 1. The van der Waals surface area contributed by atoms with Crippen molar-refractivity contribution < 1.29 is 19.1 Å². The van der Waals surface area contributed by atoms with Gasteiger partial charge in [0, 0.05) is 6.08 Å². The zero-order chi connectivity index (χ0) is 18.9. The van der Waals surface area contributed by atoms with Crippen LogP contribution in [0.1, 0.15) is 5.56 Å². The quantitative estimate of drug-likeness (QED) is 0.476. The first-order valence-corrected chi connectivity index (χ1v) is 9.14. The molecule has 0 bridgehead atoms. The van der Waals surface area contributed by atoms with Gasteiger partial charge in [0.2, 0.25) is 0 Å². The minimum absolute atomic E-state index is 0.382. The van der Waals surface area contributed by atoms with E-state index in [1.165, 1.54) is 17.4 Å². The lowest BCUT2D eigenvalue weighted by Gasteiger charge is -2.12. The normalized spacial score (nSPS) is 10.5. The lowest BCUT2D eigenvalue weighted by atomic mass is 10.3. The standard InChI is InChI=1S/C21H17NO4S/c23-20(14-25-21(24)11-10-16-12-13-27-15-16)22-18-8-4-5-9-19(18)26-17-6-2-1-3-7-17/h1-13,15H,14H2,(H,22,23)/b11-10+. The Labute approximate surface area is 160 Å². The van der Waals surface area contributed by atoms with E-state index in [0.29, 0.717) is 17.2 Å². The van der Waals surface area contributed by atoms with Crippen molar-refractivity contribution in [1.82, 2.24) is 0 Å². The van der Waals surface area contributed by atoms with Crippen LogP contribution in [0.15, 0.2) is 77.5 Å². The third-order valence-electron chi connectivity index (χ3n) is 3.43. The number of amides is 1. The molecule has 1 N–H and O–H groups in total. The highest BCUT2D eigenvalue weighted by molar-refractivity contribution is 7.08. The SMILES string of the molecule is O=C(COC(=O)/C=C/c1ccsc1)Nc1ccccc1Oc1ccccc1. The van der Waals surface area contributed by atoms with Crippen molar-refractivity contribution in [2.45, 2.75) is 0 Å². The number of para-hydroxylation sites is 3. The molecule has 136 valence electrons. The second-order valence-corrected chi connectivity index (χ2v) is 6.24. The van der Waals surface area contributed by atoms with Crippen molar-refractivity contribution in [3.05, 3.63) is 83.1 Å². The summed E-state index contributed by atoms with van der Waals surface area (Å²) < 4.78 is 10.7. The first-order chi connectivity index (χ1) is 13.2. The fourth-order valence-electron chi connectivity index (χ4n) is 2.18. The summed E-state index contributed by atoms with van der Waals surface area (Å²) in [4.78, 5) is 23.8. The molecule has 0 spiro atoms. The van der Waals surface area contributed by atoms with Gasteiger partial charge in [0.25, 0.3) is 5.91 Å². The maximum Gasteiger partial charge on any atom is 0.331 e. The van der Waals surface area contributed by atoms with E-state index in [0.717, 1.165) is 5.56 Å². The second-order valence-electron chi connectivity index (χ2n) is 5.46. The van der Waals surface area contributed by atoms with E-state index in [1.807, 2.05) is 53.2 Å². The van der Waals surface area contributed by atoms with Gasteiger partial charge in [-0.25, -0.2) is 4.79 Å². The van der Waals surface area contributed by atoms with Crippen LogP contribution in [0.2, 0.25) is 0 Å². The molecule has 0 unspecified atom stereocenters. The zero-order valence-electron chi connectivity index (χ0n) is 14.3. The van der Waals surface area contributed by atoms with E-state index in [2.05, 4.69) is 5.32 Å². The Morgan fingerprint density at radius 1 is 1.00 bits per heavy atom. The Kier molecular flexibility index (Phi) is 6.38. The van der Waals surface area contributed by atoms with Crippen molar-refractivity contribution in [3.8, 4) is 11.5 Å². The Hall–Kier alpha value is -3.38. The number of nitrogens with one attached hydrogen (secondary N) is 1. The van der Waals surface area contributed by atoms with E-state index in [9.17, 15) is 9.59 Å². The highest BCUT2D eigenvalue weighted by atomic mass is 32.1. The second kappa shape index (κ2) is 9.35. The number of benzene rings is 2. The fraction of sp³-hybridized carbons (Fsp3) is 0.0476. The van der Waals surface area contributed by atoms with Gasteiger partial charge in [-0.2, -0.15) is 11.3 Å². The molecule has 0 aliphatic rings. The number of carbonyl (C=O) groups excluding carboxylic acids is 2. The van der Waals surface area contributed by atoms with Gasteiger partial charge in [0.1, 0.15) is 5.75 Å². The van der Waals surface area contributed by atoms with Gasteiger partial charge in [-0.1, -0.05) is 30.3 Å². The van der Waals surface area contributed by atoms with Gasteiger partial charge in [0.05, 0.1) is 5.69 Å². The molecule has 6 heteroatoms. The number of hydrogen-bond acceptors (Lipinski definition) is 5. The summed E-state index contributed by atoms with van der Waals surface area (Å²) in [5.41, 5.74) is 1.41. The lowest BCUT2D eigenvalue weighted by Crippen LogP contribution is -2.20. The monoisotopic (exact) mass is 379 g/mol. The van der Waals surface area contributed by atoms with Crippen LogP contribution < -0.4 is 10.1 Å². The number of anilines is 1. The molecular weight excluding hydrogens is 362 g/mol. The molecule has 2 aromatic carbocycles. The van der Waals surface area contributed by atoms with Crippen molar-refractivity contribution in [1.29, 1.82) is 0 Å². The average molecular weight is 379 g/mol. The van der Waals surface area contributed by atoms with Crippen LogP contribution in [0.25, 0.3) is 6.08 Å². The summed E-state index contributed by atoms with van der Waals surface area (Å²) in [6.07, 6.45) is 2.93. The van der Waals surface area contributed by atoms with Crippen molar-refractivity contribution in [2.24, 2.45) is 0 Å². The third-order valence-corrected chi connectivity index (χ3v) is 4.13. The van der Waals surface area contributed by atoms with E-state index in [-0.39, 0.29) is 6.61 Å². The Morgan fingerprint density at radius 2 is 1.78 bits per heavy atom. The number of rotatable bonds is 7. The molecule has 3 rings (SSSR count). The molecule has 0 aliphatic carbocycles. The van der Waals surface area contributed by atoms with E-state index >= 15 is 0 Å². The summed E-state index contributed by atoms with van der Waals surface area (Å²) in [6.45, 7) is -0.382. The van der Waals surface area contributed by atoms with Crippen LogP contribution >= 0.6 is 11.3 Å². The molecule has 0 fully saturated rings. The summed E-state index contributed by atoms with van der Waals surface area (Å²) in [6, 6.07) is 18.2. The predicted molar refractivity (Wildman–Crippen MR) is 106 cm³/mol. The van der Waals surface area contributed by atoms with Crippen LogP contribution in [-0.4, -0.2) is 18.5 Å². The Morgan fingerprint density at radius 3 is 2.56 bits per heavy atom. The first kappa shape index (κ1) is 18.4. The minimum Gasteiger partial charge on any atom is -0.455 e. The summed E-state index contributed by atoms with van der Waals surface area (Å²) in [7, 11) is 0. The average Bonchev–Trinajstić information content (AvgIpc) is 3.21. The van der Waals surface area contributed by atoms with Crippen LogP contribution in [0.4, 0.5) is 5.69 Å². The van der Waals surface area contributed by atoms with Gasteiger partial charge in [-0.05, 0) is 52.7 Å². The minimum atomic E-state index is -0.579. The third kappa shape index (κ3) is 5.83. The molecule has 1 heterocycles. The van der Waals surface area contributed by atoms with Gasteiger partial charge in [-0.3, -0.25) is 4.79 Å². The number of esters is 1. The highest BCUT2D eigenvalue weighted by Gasteiger charge is 2.10. The maximum absolute atomic E-state index is 12.1. The fourth-order valence-corrected chi connectivity index (χ4v) is 2.81. The Balaban J connectivity index is 1.54. The van der Waals surface area contributed by atoms with Crippen LogP contribution in [0.5, 0.6) is 11.5 Å². The molecule has 1 amide bonds. The predicted octanol–water partition coefficient (Wildman–Crippen LogP) is 4.74. The molecule has 0 atom stereocenters. The largest absolute Gasteiger partial charge is 0.455 e. The molecular formula is C21H17NO4S. The summed E-state index contributed by atoms with van der Waals surface area (Å²) in [5, 5.41) is 6.51. The molecule has 1 aromatic heterocycles. The van der Waals surface area contributed by atoms with Gasteiger partial charge in [-0.15, -0.1) is 0 Å². The lowest BCUT2D eigenvalue weighted by molar-refractivity contribution is -0.142. The van der Waals surface area contributed by atoms with Crippen molar-refractivity contribution >= 4 is 35.0 Å². The van der Waals surface area contributed by atoms with Crippen LogP contribution in [-0.2, 0) is 14.3 Å². The van der Waals surface area contributed by atoms with E-state index in [4.69, 9.17) is 9.47 Å². The maximum atomic E-state index is 12.1. The van der Waals surface area contributed by atoms with Gasteiger partial charge < -0.3 is 14.8 Å². The summed E-state index contributed by atoms with van der Waals surface area (Å²) >= 11 is 1.53. The van der Waals surface area contributed by atoms with Crippen molar-refractivity contribution in [2.75, 3.05) is 11.9 Å². The molecule has 0 saturated heterocycles. The zero-order valence-corrected chi connectivity index (χ0v) is 15.1. The molecule has 0 saturated carbocycles. The number of carbonyl (C=O) groups is 2. The van der Waals surface area contributed by atoms with Gasteiger partial charge in [0.15, 0.2) is 12.4 Å². The number of ether oxygens (including phenoxy) is 2. The van der Waals surface area contributed by atoms with Crippen LogP contribution in [0, 0.1) is 0 Å². The smallest absolute Gasteiger partial charge is 0.331 e. The van der Waals surface area contributed by atoms with E-state index in [1.54, 1.807) is 24.3 Å². The van der Waals surface area contributed by atoms with Gasteiger partial charge >= 0.3 is 5.97 Å². The summed E-state index contributed by atoms with van der Waals surface area (Å²) in [5.74, 6) is 0.131. The molecule has 0 radical (unpaired) electrons. The van der Waals surface area contributed by atoms with E-state index < -0.39 is 11.9 Å². The van der Waals surface area contributed by atoms with Crippen LogP contribution in [0.3, 0.4) is 0 Å². The molecule has 5 nitrogen and oxygen atoms in total. The topological polar surface area (TPSA) is 64.6 Å². The molecule has 27 heavy (non-hydrogen) atoms. The number of hydrogen-bond donors (Lipinski definition) is 1. The Bertz CT molecular complexity index is 920. The molecule has 3 aromatic rings. The van der Waals surface area contributed by atoms with Crippen molar-refractivity contribution in [3.63, 3.8) is 0 Å². The first-order valence-electron chi connectivity index (χ1n) is 8.19.